The lowest BCUT2D eigenvalue weighted by molar-refractivity contribution is -0.133. The third kappa shape index (κ3) is 6.26. The van der Waals surface area contributed by atoms with Gasteiger partial charge in [-0.15, -0.1) is 0 Å². The van der Waals surface area contributed by atoms with E-state index in [1.165, 1.54) is 12.8 Å². The molecule has 3 N–H and O–H groups in total. The number of amides is 2. The third-order valence-corrected chi connectivity index (χ3v) is 5.01. The number of thioether (sulfide) groups is 1. The fraction of sp³-hybridized carbons (Fsp3) is 0.867. The summed E-state index contributed by atoms with van der Waals surface area (Å²) in [5.74, 6) is 0.909. The molecule has 0 radical (unpaired) electrons. The van der Waals surface area contributed by atoms with E-state index in [-0.39, 0.29) is 24.3 Å². The van der Waals surface area contributed by atoms with Crippen LogP contribution in [0.25, 0.3) is 0 Å². The van der Waals surface area contributed by atoms with Gasteiger partial charge in [0.05, 0.1) is 12.6 Å². The van der Waals surface area contributed by atoms with Crippen LogP contribution >= 0.6 is 11.8 Å². The molecule has 1 aliphatic heterocycles. The van der Waals surface area contributed by atoms with Gasteiger partial charge in [-0.25, -0.2) is 0 Å². The van der Waals surface area contributed by atoms with Crippen LogP contribution in [0.1, 0.15) is 40.0 Å². The molecule has 0 aromatic heterocycles. The maximum Gasteiger partial charge on any atom is 0.242 e. The van der Waals surface area contributed by atoms with Gasteiger partial charge in [-0.05, 0) is 24.5 Å². The molecule has 1 unspecified atom stereocenters. The molecule has 0 aliphatic carbocycles. The monoisotopic (exact) mass is 315 g/mol. The van der Waals surface area contributed by atoms with Gasteiger partial charge in [-0.2, -0.15) is 11.8 Å². The van der Waals surface area contributed by atoms with Crippen LogP contribution in [-0.2, 0) is 9.59 Å². The smallest absolute Gasteiger partial charge is 0.242 e. The van der Waals surface area contributed by atoms with Crippen molar-refractivity contribution in [3.8, 4) is 0 Å². The summed E-state index contributed by atoms with van der Waals surface area (Å²) >= 11 is 1.92. The van der Waals surface area contributed by atoms with E-state index in [0.717, 1.165) is 25.3 Å². The van der Waals surface area contributed by atoms with E-state index in [1.54, 1.807) is 0 Å². The van der Waals surface area contributed by atoms with E-state index in [2.05, 4.69) is 12.2 Å². The minimum Gasteiger partial charge on any atom is -0.346 e. The zero-order valence-corrected chi connectivity index (χ0v) is 14.2. The Hall–Kier alpha value is -0.750. The maximum absolute atomic E-state index is 12.3. The van der Waals surface area contributed by atoms with E-state index >= 15 is 0 Å². The van der Waals surface area contributed by atoms with Crippen LogP contribution in [0.15, 0.2) is 0 Å². The Kier molecular flexibility index (Phi) is 8.11. The molecule has 1 fully saturated rings. The number of nitrogens with one attached hydrogen (secondary N) is 1. The summed E-state index contributed by atoms with van der Waals surface area (Å²) in [7, 11) is 0. The second-order valence-electron chi connectivity index (χ2n) is 5.90. The van der Waals surface area contributed by atoms with Crippen LogP contribution in [-0.4, -0.2) is 53.4 Å². The van der Waals surface area contributed by atoms with Crippen LogP contribution < -0.4 is 11.1 Å². The van der Waals surface area contributed by atoms with Gasteiger partial charge in [0.25, 0.3) is 0 Å². The summed E-state index contributed by atoms with van der Waals surface area (Å²) < 4.78 is 0. The Morgan fingerprint density at radius 2 is 2.10 bits per heavy atom. The number of hydrogen-bond donors (Lipinski definition) is 2. The van der Waals surface area contributed by atoms with E-state index < -0.39 is 6.04 Å². The van der Waals surface area contributed by atoms with Crippen LogP contribution in [0.5, 0.6) is 0 Å². The SMILES string of the molecule is CCSC1CCCCN(C(=O)CNC(=O)[C@@H](N)C(C)C)C1. The standard InChI is InChI=1S/C15H29N3O2S/c1-4-21-12-7-5-6-8-18(10-12)13(19)9-17-15(20)14(16)11(2)3/h11-12,14H,4-10,16H2,1-3H3,(H,17,20)/t12?,14-/m0/s1. The maximum atomic E-state index is 12.3. The van der Waals surface area contributed by atoms with Crippen molar-refractivity contribution in [3.05, 3.63) is 0 Å². The highest BCUT2D eigenvalue weighted by Gasteiger charge is 2.23. The molecule has 1 rings (SSSR count). The van der Waals surface area contributed by atoms with Crippen LogP contribution in [0.3, 0.4) is 0 Å². The van der Waals surface area contributed by atoms with Crippen molar-refractivity contribution < 1.29 is 9.59 Å². The lowest BCUT2D eigenvalue weighted by Crippen LogP contribution is -2.48. The van der Waals surface area contributed by atoms with E-state index in [1.807, 2.05) is 30.5 Å². The molecule has 21 heavy (non-hydrogen) atoms. The van der Waals surface area contributed by atoms with E-state index in [9.17, 15) is 9.59 Å². The molecule has 0 aromatic carbocycles. The molecule has 0 spiro atoms. The molecule has 2 atom stereocenters. The summed E-state index contributed by atoms with van der Waals surface area (Å²) in [6, 6.07) is -0.551. The topological polar surface area (TPSA) is 75.4 Å². The average Bonchev–Trinajstić information content (AvgIpc) is 2.69. The van der Waals surface area contributed by atoms with Gasteiger partial charge in [-0.3, -0.25) is 9.59 Å². The molecule has 122 valence electrons. The first-order valence-electron chi connectivity index (χ1n) is 7.88. The number of hydrogen-bond acceptors (Lipinski definition) is 4. The zero-order valence-electron chi connectivity index (χ0n) is 13.4. The molecule has 5 nitrogen and oxygen atoms in total. The minimum absolute atomic E-state index is 0.00269. The molecule has 1 heterocycles. The largest absolute Gasteiger partial charge is 0.346 e. The number of carbonyl (C=O) groups is 2. The van der Waals surface area contributed by atoms with E-state index in [0.29, 0.717) is 5.25 Å². The fourth-order valence-electron chi connectivity index (χ4n) is 2.40. The third-order valence-electron chi connectivity index (χ3n) is 3.82. The normalized spacial score (nSPS) is 21.0. The molecule has 1 saturated heterocycles. The predicted octanol–water partition coefficient (Wildman–Crippen LogP) is 1.22. The highest BCUT2D eigenvalue weighted by Crippen LogP contribution is 2.21. The van der Waals surface area contributed by atoms with Crippen molar-refractivity contribution >= 4 is 23.6 Å². The number of nitrogens with zero attached hydrogens (tertiary/aromatic N) is 1. The van der Waals surface area contributed by atoms with Gasteiger partial charge in [-0.1, -0.05) is 27.2 Å². The van der Waals surface area contributed by atoms with Gasteiger partial charge in [0.2, 0.25) is 11.8 Å². The Morgan fingerprint density at radius 1 is 1.38 bits per heavy atom. The van der Waals surface area contributed by atoms with Gasteiger partial charge in [0.1, 0.15) is 0 Å². The van der Waals surface area contributed by atoms with Gasteiger partial charge >= 0.3 is 0 Å². The highest BCUT2D eigenvalue weighted by molar-refractivity contribution is 7.99. The Balaban J connectivity index is 2.44. The summed E-state index contributed by atoms with van der Waals surface area (Å²) in [6.45, 7) is 7.59. The first-order valence-corrected chi connectivity index (χ1v) is 8.93. The second-order valence-corrected chi connectivity index (χ2v) is 7.48. The number of carbonyl (C=O) groups excluding carboxylic acids is 2. The molecular weight excluding hydrogens is 286 g/mol. The lowest BCUT2D eigenvalue weighted by atomic mass is 10.1. The van der Waals surface area contributed by atoms with Gasteiger partial charge < -0.3 is 16.0 Å². The first kappa shape index (κ1) is 18.3. The van der Waals surface area contributed by atoms with Crippen molar-refractivity contribution in [1.82, 2.24) is 10.2 Å². The first-order chi connectivity index (χ1) is 9.95. The zero-order chi connectivity index (χ0) is 15.8. The van der Waals surface area contributed by atoms with Gasteiger partial charge in [0, 0.05) is 18.3 Å². The van der Waals surface area contributed by atoms with Crippen molar-refractivity contribution in [2.75, 3.05) is 25.4 Å². The van der Waals surface area contributed by atoms with Crippen LogP contribution in [0.2, 0.25) is 0 Å². The molecule has 2 amide bonds. The average molecular weight is 315 g/mol. The molecule has 6 heteroatoms. The second kappa shape index (κ2) is 9.30. The Bertz CT molecular complexity index is 350. The predicted molar refractivity (Wildman–Crippen MR) is 88.2 cm³/mol. The lowest BCUT2D eigenvalue weighted by Gasteiger charge is -2.24. The number of nitrogens with two attached hydrogens (primary N) is 1. The van der Waals surface area contributed by atoms with Crippen LogP contribution in [0.4, 0.5) is 0 Å². The Labute approximate surface area is 132 Å². The minimum atomic E-state index is -0.551. The van der Waals surface area contributed by atoms with Crippen molar-refractivity contribution in [3.63, 3.8) is 0 Å². The molecule has 0 saturated carbocycles. The summed E-state index contributed by atoms with van der Waals surface area (Å²) in [4.78, 5) is 25.9. The number of rotatable bonds is 6. The molecular formula is C15H29N3O2S. The summed E-state index contributed by atoms with van der Waals surface area (Å²) in [5, 5.41) is 3.19. The fourth-order valence-corrected chi connectivity index (χ4v) is 3.49. The van der Waals surface area contributed by atoms with Crippen molar-refractivity contribution in [2.45, 2.75) is 51.3 Å². The number of likely N-dealkylation sites (tertiary alicyclic amines) is 1. The quantitative estimate of drug-likeness (QED) is 0.773. The summed E-state index contributed by atoms with van der Waals surface area (Å²) in [6.07, 6.45) is 3.39. The highest BCUT2D eigenvalue weighted by atomic mass is 32.2. The van der Waals surface area contributed by atoms with Crippen molar-refractivity contribution in [1.29, 1.82) is 0 Å². The summed E-state index contributed by atoms with van der Waals surface area (Å²) in [5.41, 5.74) is 5.77. The van der Waals surface area contributed by atoms with E-state index in [4.69, 9.17) is 5.73 Å². The van der Waals surface area contributed by atoms with Crippen molar-refractivity contribution in [2.24, 2.45) is 11.7 Å². The Morgan fingerprint density at radius 3 is 2.71 bits per heavy atom. The molecule has 0 aromatic rings. The van der Waals surface area contributed by atoms with Gasteiger partial charge in [0.15, 0.2) is 0 Å². The van der Waals surface area contributed by atoms with Crippen LogP contribution in [0, 0.1) is 5.92 Å². The molecule has 1 aliphatic rings. The molecule has 0 bridgehead atoms.